The molecule has 94 valence electrons. The Labute approximate surface area is 96.6 Å². The summed E-state index contributed by atoms with van der Waals surface area (Å²) in [5, 5.41) is 14.4. The van der Waals surface area contributed by atoms with E-state index in [1.807, 2.05) is 0 Å². The summed E-state index contributed by atoms with van der Waals surface area (Å²) in [6, 6.07) is 0. The number of carboxylic acid groups (broad SMARTS) is 1. The van der Waals surface area contributed by atoms with Crippen molar-refractivity contribution in [3.05, 3.63) is 0 Å². The van der Waals surface area contributed by atoms with Crippen molar-refractivity contribution < 1.29 is 14.7 Å². The van der Waals surface area contributed by atoms with Crippen molar-refractivity contribution in [3.63, 3.8) is 0 Å². The van der Waals surface area contributed by atoms with Crippen LogP contribution >= 0.6 is 0 Å². The number of hydrogen-bond donors (Lipinski definition) is 3. The molecule has 0 aromatic carbocycles. The third-order valence-corrected chi connectivity index (χ3v) is 2.10. The highest BCUT2D eigenvalue weighted by molar-refractivity contribution is 5.75. The maximum Gasteiger partial charge on any atom is 0.303 e. The number of rotatable bonds is 10. The summed E-state index contributed by atoms with van der Waals surface area (Å²) in [6.45, 7) is 4.48. The van der Waals surface area contributed by atoms with Crippen molar-refractivity contribution in [2.24, 2.45) is 0 Å². The lowest BCUT2D eigenvalue weighted by Crippen LogP contribution is -2.31. The molecule has 0 aliphatic rings. The molecule has 5 heteroatoms. The van der Waals surface area contributed by atoms with E-state index in [9.17, 15) is 9.59 Å². The molecule has 0 aromatic heterocycles. The number of unbranched alkanes of at least 4 members (excludes halogenated alkanes) is 1. The molecule has 0 aromatic rings. The number of aliphatic carboxylic acids is 1. The van der Waals surface area contributed by atoms with Crippen LogP contribution in [0.4, 0.5) is 0 Å². The van der Waals surface area contributed by atoms with Gasteiger partial charge in [0.1, 0.15) is 0 Å². The van der Waals surface area contributed by atoms with Gasteiger partial charge in [-0.25, -0.2) is 0 Å². The molecule has 1 amide bonds. The molecule has 3 N–H and O–H groups in total. The highest BCUT2D eigenvalue weighted by Crippen LogP contribution is 1.99. The van der Waals surface area contributed by atoms with Crippen LogP contribution in [0.15, 0.2) is 0 Å². The van der Waals surface area contributed by atoms with Crippen LogP contribution in [-0.4, -0.2) is 36.6 Å². The van der Waals surface area contributed by atoms with E-state index in [-0.39, 0.29) is 12.3 Å². The summed E-state index contributed by atoms with van der Waals surface area (Å²) in [5.41, 5.74) is 0. The molecule has 0 unspecified atom stereocenters. The van der Waals surface area contributed by atoms with Gasteiger partial charge in [-0.3, -0.25) is 9.59 Å². The molecule has 0 radical (unpaired) electrons. The van der Waals surface area contributed by atoms with Gasteiger partial charge in [0.05, 0.1) is 0 Å². The number of carboxylic acids is 1. The Balaban J connectivity index is 3.21. The molecule has 0 atom stereocenters. The summed E-state index contributed by atoms with van der Waals surface area (Å²) in [6.07, 6.45) is 2.85. The topological polar surface area (TPSA) is 78.4 Å². The zero-order chi connectivity index (χ0) is 12.2. The second-order valence-electron chi connectivity index (χ2n) is 3.70. The molecule has 0 heterocycles. The number of carbonyl (C=O) groups excluding carboxylic acids is 1. The molecule has 0 saturated heterocycles. The summed E-state index contributed by atoms with van der Waals surface area (Å²) >= 11 is 0. The SMILES string of the molecule is CCCNCCNC(=O)CCCCC(=O)O. The summed E-state index contributed by atoms with van der Waals surface area (Å²) in [7, 11) is 0. The molecular formula is C11H22N2O3. The fraction of sp³-hybridized carbons (Fsp3) is 0.818. The third kappa shape index (κ3) is 11.0. The second-order valence-corrected chi connectivity index (χ2v) is 3.70. The van der Waals surface area contributed by atoms with Crippen LogP contribution in [0.1, 0.15) is 39.0 Å². The molecule has 0 aliphatic heterocycles. The van der Waals surface area contributed by atoms with Crippen LogP contribution < -0.4 is 10.6 Å². The monoisotopic (exact) mass is 230 g/mol. The van der Waals surface area contributed by atoms with Gasteiger partial charge in [-0.15, -0.1) is 0 Å². The van der Waals surface area contributed by atoms with E-state index in [0.717, 1.165) is 19.5 Å². The van der Waals surface area contributed by atoms with Gasteiger partial charge in [0, 0.05) is 25.9 Å². The molecule has 0 rings (SSSR count). The number of nitrogens with one attached hydrogen (secondary N) is 2. The Kier molecular flexibility index (Phi) is 9.70. The fourth-order valence-corrected chi connectivity index (χ4v) is 1.24. The summed E-state index contributed by atoms with van der Waals surface area (Å²) < 4.78 is 0. The lowest BCUT2D eigenvalue weighted by Gasteiger charge is -2.05. The van der Waals surface area contributed by atoms with Gasteiger partial charge in [0.25, 0.3) is 0 Å². The minimum atomic E-state index is -0.802. The van der Waals surface area contributed by atoms with E-state index in [2.05, 4.69) is 17.6 Å². The fourth-order valence-electron chi connectivity index (χ4n) is 1.24. The van der Waals surface area contributed by atoms with Gasteiger partial charge in [0.2, 0.25) is 5.91 Å². The molecule has 0 fully saturated rings. The van der Waals surface area contributed by atoms with Gasteiger partial charge < -0.3 is 15.7 Å². The van der Waals surface area contributed by atoms with Gasteiger partial charge in [0.15, 0.2) is 0 Å². The first kappa shape index (κ1) is 14.9. The van der Waals surface area contributed by atoms with Gasteiger partial charge in [-0.05, 0) is 25.8 Å². The van der Waals surface area contributed by atoms with Crippen molar-refractivity contribution in [2.75, 3.05) is 19.6 Å². The molecule has 5 nitrogen and oxygen atoms in total. The predicted molar refractivity (Wildman–Crippen MR) is 62.3 cm³/mol. The van der Waals surface area contributed by atoms with Crippen molar-refractivity contribution in [1.82, 2.24) is 10.6 Å². The van der Waals surface area contributed by atoms with Gasteiger partial charge >= 0.3 is 5.97 Å². The van der Waals surface area contributed by atoms with Gasteiger partial charge in [-0.2, -0.15) is 0 Å². The predicted octanol–water partition coefficient (Wildman–Crippen LogP) is 0.747. The average molecular weight is 230 g/mol. The largest absolute Gasteiger partial charge is 0.481 e. The summed E-state index contributed by atoms with van der Waals surface area (Å²) in [5.74, 6) is -0.798. The maximum atomic E-state index is 11.2. The van der Waals surface area contributed by atoms with Crippen molar-refractivity contribution in [3.8, 4) is 0 Å². The smallest absolute Gasteiger partial charge is 0.303 e. The highest BCUT2D eigenvalue weighted by atomic mass is 16.4. The first-order valence-corrected chi connectivity index (χ1v) is 5.86. The second kappa shape index (κ2) is 10.4. The van der Waals surface area contributed by atoms with Crippen LogP contribution in [0.25, 0.3) is 0 Å². The van der Waals surface area contributed by atoms with E-state index >= 15 is 0 Å². The van der Waals surface area contributed by atoms with Crippen molar-refractivity contribution in [1.29, 1.82) is 0 Å². The van der Waals surface area contributed by atoms with Crippen LogP contribution in [0, 0.1) is 0 Å². The zero-order valence-electron chi connectivity index (χ0n) is 9.92. The van der Waals surface area contributed by atoms with Crippen LogP contribution in [0.5, 0.6) is 0 Å². The minimum absolute atomic E-state index is 0.00341. The van der Waals surface area contributed by atoms with E-state index in [1.54, 1.807) is 0 Å². The minimum Gasteiger partial charge on any atom is -0.481 e. The molecular weight excluding hydrogens is 208 g/mol. The molecule has 16 heavy (non-hydrogen) atoms. The van der Waals surface area contributed by atoms with E-state index in [0.29, 0.717) is 25.8 Å². The lowest BCUT2D eigenvalue weighted by atomic mass is 10.2. The quantitative estimate of drug-likeness (QED) is 0.484. The Hall–Kier alpha value is -1.10. The molecule has 0 bridgehead atoms. The lowest BCUT2D eigenvalue weighted by molar-refractivity contribution is -0.137. The average Bonchev–Trinajstić information content (AvgIpc) is 2.24. The summed E-state index contributed by atoms with van der Waals surface area (Å²) in [4.78, 5) is 21.4. The standard InChI is InChI=1S/C11H22N2O3/c1-2-7-12-8-9-13-10(14)5-3-4-6-11(15)16/h12H,2-9H2,1H3,(H,13,14)(H,15,16). The number of carbonyl (C=O) groups is 2. The Morgan fingerprint density at radius 2 is 1.75 bits per heavy atom. The van der Waals surface area contributed by atoms with E-state index < -0.39 is 5.97 Å². The molecule has 0 spiro atoms. The van der Waals surface area contributed by atoms with E-state index in [4.69, 9.17) is 5.11 Å². The van der Waals surface area contributed by atoms with Gasteiger partial charge in [-0.1, -0.05) is 6.92 Å². The molecule has 0 saturated carbocycles. The van der Waals surface area contributed by atoms with Crippen LogP contribution in [-0.2, 0) is 9.59 Å². The Morgan fingerprint density at radius 1 is 1.06 bits per heavy atom. The first-order valence-electron chi connectivity index (χ1n) is 5.86. The Morgan fingerprint density at radius 3 is 2.38 bits per heavy atom. The highest BCUT2D eigenvalue weighted by Gasteiger charge is 2.01. The Bertz CT molecular complexity index is 207. The van der Waals surface area contributed by atoms with Crippen molar-refractivity contribution >= 4 is 11.9 Å². The van der Waals surface area contributed by atoms with E-state index in [1.165, 1.54) is 0 Å². The van der Waals surface area contributed by atoms with Crippen molar-refractivity contribution in [2.45, 2.75) is 39.0 Å². The van der Waals surface area contributed by atoms with Crippen LogP contribution in [0.2, 0.25) is 0 Å². The normalized spacial score (nSPS) is 10.1. The first-order chi connectivity index (χ1) is 7.66. The third-order valence-electron chi connectivity index (χ3n) is 2.10. The number of amides is 1. The maximum absolute atomic E-state index is 11.2. The molecule has 0 aliphatic carbocycles. The van der Waals surface area contributed by atoms with Crippen LogP contribution in [0.3, 0.4) is 0 Å². The zero-order valence-corrected chi connectivity index (χ0v) is 9.92. The number of hydrogen-bond acceptors (Lipinski definition) is 3.